The van der Waals surface area contributed by atoms with Gasteiger partial charge in [-0.1, -0.05) is 34.1 Å². The van der Waals surface area contributed by atoms with Gasteiger partial charge in [-0.2, -0.15) is 8.78 Å². The normalized spacial score (nSPS) is 11.7. The maximum atomic E-state index is 12.7. The maximum Gasteiger partial charge on any atom is 0.408 e. The minimum absolute atomic E-state index is 0.0121. The monoisotopic (exact) mass is 400 g/mol. The van der Waals surface area contributed by atoms with Crippen molar-refractivity contribution in [3.63, 3.8) is 0 Å². The Morgan fingerprint density at radius 2 is 1.87 bits per heavy atom. The largest absolute Gasteiger partial charge is 0.507 e. The Morgan fingerprint density at radius 1 is 1.22 bits per heavy atom. The zero-order valence-corrected chi connectivity index (χ0v) is 14.4. The van der Waals surface area contributed by atoms with E-state index in [1.165, 1.54) is 57.8 Å². The molecule has 0 amide bonds. The van der Waals surface area contributed by atoms with E-state index in [1.54, 1.807) is 6.07 Å². The van der Waals surface area contributed by atoms with E-state index in [0.29, 0.717) is 10.0 Å². The van der Waals surface area contributed by atoms with Crippen LogP contribution in [0.2, 0.25) is 0 Å². The highest BCUT2D eigenvalue weighted by atomic mass is 79.9. The molecule has 1 atom stereocenters. The lowest BCUT2D eigenvalue weighted by Crippen LogP contribution is -2.14. The van der Waals surface area contributed by atoms with E-state index in [9.17, 15) is 18.7 Å². The summed E-state index contributed by atoms with van der Waals surface area (Å²) in [6.07, 6.45) is 2.81. The molecule has 0 aliphatic rings. The van der Waals surface area contributed by atoms with Crippen LogP contribution in [0.15, 0.2) is 53.0 Å². The van der Waals surface area contributed by atoms with Gasteiger partial charge in [-0.25, -0.2) is 0 Å². The SMILES string of the molecule is O=C(/C=C/c1ccc(OC(F)(F)P)cc1)c1cc(Br)ccc1O. The molecule has 0 saturated heterocycles. The van der Waals surface area contributed by atoms with Gasteiger partial charge in [-0.3, -0.25) is 4.79 Å². The van der Waals surface area contributed by atoms with Crippen molar-refractivity contribution in [3.05, 3.63) is 64.1 Å². The van der Waals surface area contributed by atoms with Crippen LogP contribution in [0.25, 0.3) is 6.08 Å². The summed E-state index contributed by atoms with van der Waals surface area (Å²) in [6, 6.07) is 10.4. The van der Waals surface area contributed by atoms with E-state index < -0.39 is 5.85 Å². The molecule has 3 nitrogen and oxygen atoms in total. The fourth-order valence-corrected chi connectivity index (χ4v) is 2.27. The van der Waals surface area contributed by atoms with Crippen molar-refractivity contribution in [1.82, 2.24) is 0 Å². The van der Waals surface area contributed by atoms with E-state index in [4.69, 9.17) is 0 Å². The number of rotatable bonds is 5. The number of halogens is 3. The van der Waals surface area contributed by atoms with Crippen molar-refractivity contribution in [2.45, 2.75) is 5.85 Å². The van der Waals surface area contributed by atoms with Gasteiger partial charge >= 0.3 is 5.85 Å². The van der Waals surface area contributed by atoms with Crippen molar-refractivity contribution < 1.29 is 23.4 Å². The van der Waals surface area contributed by atoms with Crippen LogP contribution in [0.1, 0.15) is 15.9 Å². The van der Waals surface area contributed by atoms with Gasteiger partial charge in [0.05, 0.1) is 5.56 Å². The van der Waals surface area contributed by atoms with Gasteiger partial charge in [0.2, 0.25) is 0 Å². The topological polar surface area (TPSA) is 46.5 Å². The first-order valence-corrected chi connectivity index (χ1v) is 7.78. The second kappa shape index (κ2) is 7.20. The highest BCUT2D eigenvalue weighted by Gasteiger charge is 2.23. The van der Waals surface area contributed by atoms with Crippen LogP contribution in [0, 0.1) is 0 Å². The summed E-state index contributed by atoms with van der Waals surface area (Å²) in [5, 5.41) is 9.68. The Hall–Kier alpha value is -1.78. The van der Waals surface area contributed by atoms with Crippen LogP contribution >= 0.6 is 25.2 Å². The fourth-order valence-electron chi connectivity index (χ4n) is 1.77. The molecular formula is C16H12BrF2O3P. The first-order chi connectivity index (χ1) is 10.7. The number of ether oxygens (including phenoxy) is 1. The van der Waals surface area contributed by atoms with Crippen LogP contribution in [-0.2, 0) is 0 Å². The molecule has 2 aromatic carbocycles. The molecule has 0 fully saturated rings. The van der Waals surface area contributed by atoms with Crippen LogP contribution in [0.3, 0.4) is 0 Å². The second-order valence-corrected chi connectivity index (χ2v) is 6.18. The third-order valence-corrected chi connectivity index (χ3v) is 3.40. The predicted octanol–water partition coefficient (Wildman–Crippen LogP) is 4.86. The van der Waals surface area contributed by atoms with Crippen LogP contribution in [0.5, 0.6) is 11.5 Å². The predicted molar refractivity (Wildman–Crippen MR) is 90.9 cm³/mol. The Bertz CT molecular complexity index is 740. The molecule has 0 bridgehead atoms. The number of aromatic hydroxyl groups is 1. The van der Waals surface area contributed by atoms with Gasteiger partial charge in [-0.15, -0.1) is 0 Å². The number of phenolic OH excluding ortho intramolecular Hbond substituents is 1. The smallest absolute Gasteiger partial charge is 0.408 e. The van der Waals surface area contributed by atoms with E-state index in [-0.39, 0.29) is 22.8 Å². The fraction of sp³-hybridized carbons (Fsp3) is 0.0625. The minimum Gasteiger partial charge on any atom is -0.507 e. The lowest BCUT2D eigenvalue weighted by Gasteiger charge is -2.12. The van der Waals surface area contributed by atoms with Crippen LogP contribution < -0.4 is 4.74 Å². The van der Waals surface area contributed by atoms with Crippen molar-refractivity contribution in [2.75, 3.05) is 0 Å². The summed E-state index contributed by atoms with van der Waals surface area (Å²) in [5.41, 5.74) is 0.797. The van der Waals surface area contributed by atoms with Gasteiger partial charge in [0, 0.05) is 4.47 Å². The van der Waals surface area contributed by atoms with Crippen molar-refractivity contribution in [3.8, 4) is 11.5 Å². The Morgan fingerprint density at radius 3 is 2.48 bits per heavy atom. The lowest BCUT2D eigenvalue weighted by molar-refractivity contribution is -0.0892. The molecule has 2 aromatic rings. The molecule has 2 rings (SSSR count). The summed E-state index contributed by atoms with van der Waals surface area (Å²) in [5.74, 6) is -3.81. The van der Waals surface area contributed by atoms with Gasteiger partial charge in [-0.05, 0) is 51.2 Å². The number of alkyl halides is 2. The average molecular weight is 401 g/mol. The Kier molecular flexibility index (Phi) is 5.50. The number of benzene rings is 2. The Labute approximate surface area is 142 Å². The maximum absolute atomic E-state index is 12.7. The number of ketones is 1. The summed E-state index contributed by atoms with van der Waals surface area (Å²) >= 11 is 3.23. The van der Waals surface area contributed by atoms with E-state index in [0.717, 1.165) is 0 Å². The number of allylic oxidation sites excluding steroid dienone is 1. The molecule has 1 N–H and O–H groups in total. The summed E-state index contributed by atoms with van der Waals surface area (Å²) in [7, 11) is 1.29. The molecule has 0 saturated carbocycles. The zero-order chi connectivity index (χ0) is 17.0. The average Bonchev–Trinajstić information content (AvgIpc) is 2.47. The lowest BCUT2D eigenvalue weighted by atomic mass is 10.1. The van der Waals surface area contributed by atoms with Crippen molar-refractivity contribution >= 4 is 37.0 Å². The molecule has 0 aliphatic carbocycles. The van der Waals surface area contributed by atoms with Crippen LogP contribution in [0.4, 0.5) is 8.78 Å². The number of phenols is 1. The Balaban J connectivity index is 2.11. The van der Waals surface area contributed by atoms with Gasteiger partial charge in [0.1, 0.15) is 11.5 Å². The summed E-state index contributed by atoms with van der Waals surface area (Å²) in [4.78, 5) is 12.1. The third-order valence-electron chi connectivity index (χ3n) is 2.79. The number of carbonyl (C=O) groups is 1. The van der Waals surface area contributed by atoms with Gasteiger partial charge in [0.15, 0.2) is 5.78 Å². The number of hydrogen-bond donors (Lipinski definition) is 1. The van der Waals surface area contributed by atoms with Gasteiger partial charge < -0.3 is 9.84 Å². The summed E-state index contributed by atoms with van der Waals surface area (Å²) in [6.45, 7) is 0. The van der Waals surface area contributed by atoms with E-state index in [1.807, 2.05) is 0 Å². The van der Waals surface area contributed by atoms with Gasteiger partial charge in [0.25, 0.3) is 0 Å². The van der Waals surface area contributed by atoms with E-state index in [2.05, 4.69) is 20.7 Å². The quantitative estimate of drug-likeness (QED) is 0.443. The summed E-state index contributed by atoms with van der Waals surface area (Å²) < 4.78 is 30.4. The number of carbonyl (C=O) groups excluding carboxylic acids is 1. The molecule has 120 valence electrons. The molecule has 0 radical (unpaired) electrons. The molecule has 0 heterocycles. The first kappa shape index (κ1) is 17.6. The first-order valence-electron chi connectivity index (χ1n) is 6.41. The molecule has 1 unspecified atom stereocenters. The molecule has 7 heteroatoms. The third kappa shape index (κ3) is 5.41. The molecule has 0 aromatic heterocycles. The van der Waals surface area contributed by atoms with E-state index >= 15 is 0 Å². The minimum atomic E-state index is -3.33. The van der Waals surface area contributed by atoms with Crippen LogP contribution in [-0.4, -0.2) is 16.7 Å². The molecule has 0 aliphatic heterocycles. The molecular weight excluding hydrogens is 389 g/mol. The van der Waals surface area contributed by atoms with Crippen molar-refractivity contribution in [2.24, 2.45) is 0 Å². The molecule has 23 heavy (non-hydrogen) atoms. The highest BCUT2D eigenvalue weighted by molar-refractivity contribution is 9.10. The molecule has 0 spiro atoms. The van der Waals surface area contributed by atoms with Crippen molar-refractivity contribution in [1.29, 1.82) is 0 Å². The standard InChI is InChI=1S/C16H12BrF2O3P/c17-11-4-8-15(21)13(9-11)14(20)7-3-10-1-5-12(6-2-10)22-16(18,19)23/h1-9,21H,23H2/b7-3+. The second-order valence-electron chi connectivity index (χ2n) is 4.59. The zero-order valence-electron chi connectivity index (χ0n) is 11.7. The highest BCUT2D eigenvalue weighted by Crippen LogP contribution is 2.27. The number of hydrogen-bond acceptors (Lipinski definition) is 3.